The van der Waals surface area contributed by atoms with Gasteiger partial charge in [0.1, 0.15) is 22.7 Å². The van der Waals surface area contributed by atoms with Crippen LogP contribution in [0.25, 0.3) is 0 Å². The summed E-state index contributed by atoms with van der Waals surface area (Å²) in [6.07, 6.45) is -3.59. The molecule has 0 aromatic carbocycles. The summed E-state index contributed by atoms with van der Waals surface area (Å²) in [5.41, 5.74) is 0.122. The highest BCUT2D eigenvalue weighted by Crippen LogP contribution is 2.38. The Balaban J connectivity index is 1.96. The lowest BCUT2D eigenvalue weighted by molar-refractivity contribution is -0.185. The average Bonchev–Trinajstić information content (AvgIpc) is 2.37. The molecule has 0 spiro atoms. The lowest BCUT2D eigenvalue weighted by Gasteiger charge is -2.30. The van der Waals surface area contributed by atoms with Crippen LogP contribution in [0.4, 0.5) is 13.2 Å². The molecule has 20 heavy (non-hydrogen) atoms. The van der Waals surface area contributed by atoms with Gasteiger partial charge in [0.25, 0.3) is 0 Å². The first kappa shape index (κ1) is 14.9. The third-order valence-electron chi connectivity index (χ3n) is 3.32. The van der Waals surface area contributed by atoms with Crippen LogP contribution in [0.2, 0.25) is 5.15 Å². The summed E-state index contributed by atoms with van der Waals surface area (Å²) in [4.78, 5) is 3.77. The smallest absolute Gasteiger partial charge is 0.391 e. The maximum atomic E-state index is 12.5. The molecule has 0 bridgehead atoms. The summed E-state index contributed by atoms with van der Waals surface area (Å²) in [7, 11) is 0. The van der Waals surface area contributed by atoms with Gasteiger partial charge in [0, 0.05) is 12.1 Å². The van der Waals surface area contributed by atoms with Gasteiger partial charge in [0.2, 0.25) is 0 Å². The number of nitriles is 1. The normalized spacial score (nSPS) is 23.1. The molecule has 0 radical (unpaired) electrons. The lowest BCUT2D eigenvalue weighted by atomic mass is 9.87. The fourth-order valence-corrected chi connectivity index (χ4v) is 2.50. The van der Waals surface area contributed by atoms with Crippen molar-refractivity contribution in [1.82, 2.24) is 4.98 Å². The second-order valence-electron chi connectivity index (χ2n) is 4.76. The van der Waals surface area contributed by atoms with Gasteiger partial charge in [-0.25, -0.2) is 4.98 Å². The fourth-order valence-electron chi connectivity index (χ4n) is 2.30. The van der Waals surface area contributed by atoms with E-state index in [-0.39, 0.29) is 29.8 Å². The second-order valence-corrected chi connectivity index (χ2v) is 5.14. The van der Waals surface area contributed by atoms with Gasteiger partial charge in [0.05, 0.1) is 12.0 Å². The quantitative estimate of drug-likeness (QED) is 0.773. The van der Waals surface area contributed by atoms with E-state index >= 15 is 0 Å². The van der Waals surface area contributed by atoms with Gasteiger partial charge in [-0.3, -0.25) is 0 Å². The van der Waals surface area contributed by atoms with E-state index in [4.69, 9.17) is 21.6 Å². The van der Waals surface area contributed by atoms with Gasteiger partial charge in [-0.2, -0.15) is 18.4 Å². The van der Waals surface area contributed by atoms with Crippen LogP contribution in [0.1, 0.15) is 31.4 Å². The lowest BCUT2D eigenvalue weighted by Crippen LogP contribution is -2.31. The van der Waals surface area contributed by atoms with Gasteiger partial charge in [-0.05, 0) is 25.7 Å². The van der Waals surface area contributed by atoms with Gasteiger partial charge >= 0.3 is 6.18 Å². The Bertz CT molecular complexity index is 519. The summed E-state index contributed by atoms with van der Waals surface area (Å²) in [6.45, 7) is 0. The second kappa shape index (κ2) is 5.88. The van der Waals surface area contributed by atoms with E-state index in [2.05, 4.69) is 4.98 Å². The van der Waals surface area contributed by atoms with Crippen LogP contribution in [0, 0.1) is 17.2 Å². The molecule has 1 aliphatic rings. The minimum absolute atomic E-state index is 0.0675. The highest BCUT2D eigenvalue weighted by atomic mass is 35.5. The van der Waals surface area contributed by atoms with E-state index < -0.39 is 12.1 Å². The molecular weight excluding hydrogens is 293 g/mol. The molecule has 0 aliphatic heterocycles. The molecule has 0 atom stereocenters. The van der Waals surface area contributed by atoms with E-state index in [1.807, 2.05) is 6.07 Å². The zero-order chi connectivity index (χ0) is 14.8. The summed E-state index contributed by atoms with van der Waals surface area (Å²) < 4.78 is 43.2. The van der Waals surface area contributed by atoms with Gasteiger partial charge in [-0.15, -0.1) is 0 Å². The minimum atomic E-state index is -4.13. The number of aromatic nitrogens is 1. The highest BCUT2D eigenvalue weighted by molar-refractivity contribution is 6.29. The Hall–Kier alpha value is -1.48. The number of pyridine rings is 1. The molecule has 1 heterocycles. The molecule has 0 N–H and O–H groups in total. The van der Waals surface area contributed by atoms with Crippen LogP contribution in [0.3, 0.4) is 0 Å². The Kier molecular flexibility index (Phi) is 4.39. The summed E-state index contributed by atoms with van der Waals surface area (Å²) in [6, 6.07) is 4.74. The molecule has 2 rings (SSSR count). The van der Waals surface area contributed by atoms with Gasteiger partial charge < -0.3 is 4.74 Å². The molecule has 1 aromatic rings. The number of rotatable bonds is 2. The van der Waals surface area contributed by atoms with Crippen molar-refractivity contribution < 1.29 is 17.9 Å². The standard InChI is InChI=1S/C13H12ClF3N2O/c14-12-6-11(5-9(7-18)19-12)20-10-3-1-8(2-4-10)13(15,16)17/h5-6,8,10H,1-4H2. The molecule has 0 unspecified atom stereocenters. The van der Waals surface area contributed by atoms with E-state index in [0.717, 1.165) is 0 Å². The number of halogens is 4. The van der Waals surface area contributed by atoms with E-state index in [1.165, 1.54) is 12.1 Å². The summed E-state index contributed by atoms with van der Waals surface area (Å²) >= 11 is 5.74. The van der Waals surface area contributed by atoms with Crippen LogP contribution in [0.15, 0.2) is 12.1 Å². The van der Waals surface area contributed by atoms with Crippen molar-refractivity contribution in [3.05, 3.63) is 23.0 Å². The van der Waals surface area contributed by atoms with Gasteiger partial charge in [0.15, 0.2) is 0 Å². The first-order valence-corrected chi connectivity index (χ1v) is 6.57. The minimum Gasteiger partial charge on any atom is -0.490 e. The van der Waals surface area contributed by atoms with E-state index in [0.29, 0.717) is 18.6 Å². The predicted octanol–water partition coefficient (Wildman–Crippen LogP) is 4.11. The third-order valence-corrected chi connectivity index (χ3v) is 3.52. The monoisotopic (exact) mass is 304 g/mol. The Morgan fingerprint density at radius 3 is 2.45 bits per heavy atom. The highest BCUT2D eigenvalue weighted by Gasteiger charge is 2.41. The zero-order valence-corrected chi connectivity index (χ0v) is 11.2. The summed E-state index contributed by atoms with van der Waals surface area (Å²) in [5, 5.41) is 8.89. The van der Waals surface area contributed by atoms with Gasteiger partial charge in [-0.1, -0.05) is 11.6 Å². The van der Waals surface area contributed by atoms with Crippen LogP contribution >= 0.6 is 11.6 Å². The fraction of sp³-hybridized carbons (Fsp3) is 0.538. The van der Waals surface area contributed by atoms with Crippen molar-refractivity contribution in [3.63, 3.8) is 0 Å². The van der Waals surface area contributed by atoms with Crippen molar-refractivity contribution in [2.24, 2.45) is 5.92 Å². The Morgan fingerprint density at radius 1 is 1.25 bits per heavy atom. The van der Waals surface area contributed by atoms with Crippen molar-refractivity contribution >= 4 is 11.6 Å². The van der Waals surface area contributed by atoms with Crippen molar-refractivity contribution in [2.45, 2.75) is 38.0 Å². The number of hydrogen-bond acceptors (Lipinski definition) is 3. The molecule has 0 amide bonds. The van der Waals surface area contributed by atoms with Crippen molar-refractivity contribution in [3.8, 4) is 11.8 Å². The number of hydrogen-bond donors (Lipinski definition) is 0. The third kappa shape index (κ3) is 3.76. The van der Waals surface area contributed by atoms with E-state index in [1.54, 1.807) is 0 Å². The number of ether oxygens (including phenoxy) is 1. The Labute approximate surface area is 119 Å². The first-order chi connectivity index (χ1) is 9.38. The maximum absolute atomic E-state index is 12.5. The molecule has 1 fully saturated rings. The van der Waals surface area contributed by atoms with Crippen LogP contribution < -0.4 is 4.74 Å². The molecule has 1 aliphatic carbocycles. The molecule has 1 saturated carbocycles. The SMILES string of the molecule is N#Cc1cc(OC2CCC(C(F)(F)F)CC2)cc(Cl)n1. The topological polar surface area (TPSA) is 45.9 Å². The average molecular weight is 305 g/mol. The van der Waals surface area contributed by atoms with Crippen molar-refractivity contribution in [2.75, 3.05) is 0 Å². The molecule has 0 saturated heterocycles. The number of nitrogens with zero attached hydrogens (tertiary/aromatic N) is 2. The molecule has 108 valence electrons. The van der Waals surface area contributed by atoms with Crippen LogP contribution in [-0.2, 0) is 0 Å². The predicted molar refractivity (Wildman–Crippen MR) is 66.4 cm³/mol. The van der Waals surface area contributed by atoms with Crippen molar-refractivity contribution in [1.29, 1.82) is 5.26 Å². The van der Waals surface area contributed by atoms with Crippen LogP contribution in [-0.4, -0.2) is 17.3 Å². The summed E-state index contributed by atoms with van der Waals surface area (Å²) in [5.74, 6) is -0.866. The Morgan fingerprint density at radius 2 is 1.90 bits per heavy atom. The molecule has 7 heteroatoms. The van der Waals surface area contributed by atoms with Crippen LogP contribution in [0.5, 0.6) is 5.75 Å². The maximum Gasteiger partial charge on any atom is 0.391 e. The molecule has 3 nitrogen and oxygen atoms in total. The number of alkyl halides is 3. The zero-order valence-electron chi connectivity index (χ0n) is 10.5. The molecular formula is C13H12ClF3N2O. The first-order valence-electron chi connectivity index (χ1n) is 6.19. The largest absolute Gasteiger partial charge is 0.490 e. The molecule has 1 aromatic heterocycles. The van der Waals surface area contributed by atoms with E-state index in [9.17, 15) is 13.2 Å².